The van der Waals surface area contributed by atoms with Crippen molar-refractivity contribution in [3.8, 4) is 11.5 Å². The Morgan fingerprint density at radius 1 is 0.867 bits per heavy atom. The van der Waals surface area contributed by atoms with Crippen LogP contribution in [0.5, 0.6) is 11.5 Å². The fourth-order valence-electron chi connectivity index (χ4n) is 3.91. The second kappa shape index (κ2) is 10.2. The molecule has 0 aromatic heterocycles. The highest BCUT2D eigenvalue weighted by atomic mass is 16.4. The zero-order chi connectivity index (χ0) is 22.4. The van der Waals surface area contributed by atoms with Gasteiger partial charge >= 0.3 is 11.9 Å². The molecule has 30 heavy (non-hydrogen) atoms. The number of aromatic hydroxyl groups is 2. The highest BCUT2D eigenvalue weighted by molar-refractivity contribution is 5.77. The maximum absolute atomic E-state index is 11.2. The molecule has 0 amide bonds. The van der Waals surface area contributed by atoms with E-state index in [-0.39, 0.29) is 11.5 Å². The molecule has 4 N–H and O–H groups in total. The van der Waals surface area contributed by atoms with Crippen LogP contribution in [-0.2, 0) is 22.4 Å². The number of rotatable bonds is 14. The Morgan fingerprint density at radius 3 is 1.80 bits per heavy atom. The third-order valence-corrected chi connectivity index (χ3v) is 6.52. The maximum Gasteiger partial charge on any atom is 0.309 e. The van der Waals surface area contributed by atoms with Crippen LogP contribution in [0.1, 0.15) is 89.2 Å². The van der Waals surface area contributed by atoms with Crippen molar-refractivity contribution in [2.75, 3.05) is 0 Å². The number of phenolic OH excluding ortho intramolecular Hbond substituents is 2. The van der Waals surface area contributed by atoms with Crippen molar-refractivity contribution >= 4 is 11.9 Å². The third kappa shape index (κ3) is 6.64. The van der Waals surface area contributed by atoms with Gasteiger partial charge in [0, 0.05) is 0 Å². The van der Waals surface area contributed by atoms with Crippen LogP contribution in [0.2, 0.25) is 0 Å². The van der Waals surface area contributed by atoms with Gasteiger partial charge in [-0.15, -0.1) is 0 Å². The molecule has 6 heteroatoms. The molecule has 1 fully saturated rings. The standard InChI is InChI=1S/C24H36O6/c1-23(2,21(27)28)11-7-3-5-9-17-15-20(26)18(16-19(17)25)10-6-4-8-12-24(13-14-24)22(29)30/h15-16,25-26H,3-14H2,1-2H3,(H,27,28)(H,29,30). The summed E-state index contributed by atoms with van der Waals surface area (Å²) in [5.41, 5.74) is 0.255. The number of phenols is 2. The van der Waals surface area contributed by atoms with Gasteiger partial charge in [0.05, 0.1) is 10.8 Å². The lowest BCUT2D eigenvalue weighted by Gasteiger charge is -2.18. The fraction of sp³-hybridized carbons (Fsp3) is 0.667. The molecule has 0 spiro atoms. The summed E-state index contributed by atoms with van der Waals surface area (Å²) >= 11 is 0. The lowest BCUT2D eigenvalue weighted by Crippen LogP contribution is -2.23. The number of benzene rings is 1. The number of carbonyl (C=O) groups is 2. The molecule has 0 atom stereocenters. The SMILES string of the molecule is CC(C)(CCCCCc1cc(O)c(CCCCCC2(C(=O)O)CC2)cc1O)C(=O)O. The summed E-state index contributed by atoms with van der Waals surface area (Å²) in [7, 11) is 0. The Hall–Kier alpha value is -2.24. The van der Waals surface area contributed by atoms with Crippen LogP contribution in [0.4, 0.5) is 0 Å². The van der Waals surface area contributed by atoms with E-state index in [0.717, 1.165) is 63.4 Å². The predicted molar refractivity (Wildman–Crippen MR) is 115 cm³/mol. The van der Waals surface area contributed by atoms with E-state index >= 15 is 0 Å². The topological polar surface area (TPSA) is 115 Å². The fourth-order valence-corrected chi connectivity index (χ4v) is 3.91. The molecule has 1 aromatic rings. The van der Waals surface area contributed by atoms with Gasteiger partial charge in [0.25, 0.3) is 0 Å². The van der Waals surface area contributed by atoms with Crippen molar-refractivity contribution in [2.45, 2.75) is 90.9 Å². The monoisotopic (exact) mass is 420 g/mol. The summed E-state index contributed by atoms with van der Waals surface area (Å²) in [6, 6.07) is 3.27. The quantitative estimate of drug-likeness (QED) is 0.240. The summed E-state index contributed by atoms with van der Waals surface area (Å²) in [6.07, 6.45) is 9.35. The van der Waals surface area contributed by atoms with Crippen LogP contribution < -0.4 is 0 Å². The molecular formula is C24H36O6. The van der Waals surface area contributed by atoms with Crippen LogP contribution in [0.25, 0.3) is 0 Å². The maximum atomic E-state index is 11.2. The predicted octanol–water partition coefficient (Wildman–Crippen LogP) is 5.28. The molecule has 0 bridgehead atoms. The molecule has 0 heterocycles. The van der Waals surface area contributed by atoms with Crippen LogP contribution in [0.3, 0.4) is 0 Å². The lowest BCUT2D eigenvalue weighted by molar-refractivity contribution is -0.147. The number of unbranched alkanes of at least 4 members (excludes halogenated alkanes) is 4. The van der Waals surface area contributed by atoms with Crippen molar-refractivity contribution in [3.63, 3.8) is 0 Å². The van der Waals surface area contributed by atoms with Crippen molar-refractivity contribution in [2.24, 2.45) is 10.8 Å². The van der Waals surface area contributed by atoms with Crippen LogP contribution in [0, 0.1) is 10.8 Å². The number of hydrogen-bond acceptors (Lipinski definition) is 4. The Balaban J connectivity index is 1.71. The van der Waals surface area contributed by atoms with Gasteiger partial charge < -0.3 is 20.4 Å². The first-order valence-electron chi connectivity index (χ1n) is 11.1. The van der Waals surface area contributed by atoms with Gasteiger partial charge in [-0.25, -0.2) is 0 Å². The number of aryl methyl sites for hydroxylation is 2. The summed E-state index contributed by atoms with van der Waals surface area (Å²) in [5, 5.41) is 38.9. The van der Waals surface area contributed by atoms with Gasteiger partial charge in [0.15, 0.2) is 0 Å². The Morgan fingerprint density at radius 2 is 1.37 bits per heavy atom. The van der Waals surface area contributed by atoms with Gasteiger partial charge in [-0.05, 0) is 88.5 Å². The van der Waals surface area contributed by atoms with Gasteiger partial charge in [-0.1, -0.05) is 25.7 Å². The van der Waals surface area contributed by atoms with Crippen LogP contribution >= 0.6 is 0 Å². The first-order chi connectivity index (χ1) is 14.1. The Bertz CT molecular complexity index is 697. The second-order valence-corrected chi connectivity index (χ2v) is 9.51. The molecule has 1 aliphatic carbocycles. The van der Waals surface area contributed by atoms with Crippen LogP contribution in [-0.4, -0.2) is 32.4 Å². The largest absolute Gasteiger partial charge is 0.508 e. The average molecular weight is 421 g/mol. The van der Waals surface area contributed by atoms with Gasteiger partial charge in [0.1, 0.15) is 11.5 Å². The van der Waals surface area contributed by atoms with E-state index in [2.05, 4.69) is 0 Å². The number of carboxylic acid groups (broad SMARTS) is 2. The minimum Gasteiger partial charge on any atom is -0.508 e. The zero-order valence-electron chi connectivity index (χ0n) is 18.2. The molecule has 0 aliphatic heterocycles. The van der Waals surface area contributed by atoms with E-state index < -0.39 is 22.8 Å². The minimum absolute atomic E-state index is 0.191. The molecule has 1 saturated carbocycles. The van der Waals surface area contributed by atoms with E-state index in [4.69, 9.17) is 5.11 Å². The molecule has 168 valence electrons. The van der Waals surface area contributed by atoms with E-state index in [1.165, 1.54) is 0 Å². The molecule has 0 saturated heterocycles. The highest BCUT2D eigenvalue weighted by Gasteiger charge is 2.49. The number of hydrogen-bond donors (Lipinski definition) is 4. The number of aliphatic carboxylic acids is 2. The molecule has 2 rings (SSSR count). The average Bonchev–Trinajstić information content (AvgIpc) is 3.45. The molecular weight excluding hydrogens is 384 g/mol. The first kappa shape index (κ1) is 24.0. The lowest BCUT2D eigenvalue weighted by atomic mass is 9.87. The zero-order valence-corrected chi connectivity index (χ0v) is 18.2. The van der Waals surface area contributed by atoms with Crippen molar-refractivity contribution in [3.05, 3.63) is 23.3 Å². The summed E-state index contributed by atoms with van der Waals surface area (Å²) in [6.45, 7) is 3.46. The van der Waals surface area contributed by atoms with E-state index in [1.807, 2.05) is 0 Å². The number of carboxylic acids is 2. The summed E-state index contributed by atoms with van der Waals surface area (Å²) in [5.74, 6) is -1.07. The highest BCUT2D eigenvalue weighted by Crippen LogP contribution is 2.50. The van der Waals surface area contributed by atoms with Crippen molar-refractivity contribution < 1.29 is 30.0 Å². The summed E-state index contributed by atoms with van der Waals surface area (Å²) < 4.78 is 0. The molecule has 0 unspecified atom stereocenters. The van der Waals surface area contributed by atoms with Crippen molar-refractivity contribution in [1.29, 1.82) is 0 Å². The molecule has 1 aromatic carbocycles. The normalized spacial score (nSPS) is 15.1. The molecule has 6 nitrogen and oxygen atoms in total. The van der Waals surface area contributed by atoms with Gasteiger partial charge in [0.2, 0.25) is 0 Å². The smallest absolute Gasteiger partial charge is 0.309 e. The Kier molecular flexibility index (Phi) is 8.16. The third-order valence-electron chi connectivity index (χ3n) is 6.52. The van der Waals surface area contributed by atoms with Gasteiger partial charge in [-0.2, -0.15) is 0 Å². The van der Waals surface area contributed by atoms with Crippen LogP contribution in [0.15, 0.2) is 12.1 Å². The summed E-state index contributed by atoms with van der Waals surface area (Å²) in [4.78, 5) is 22.3. The van der Waals surface area contributed by atoms with E-state index in [0.29, 0.717) is 24.8 Å². The molecule has 0 radical (unpaired) electrons. The second-order valence-electron chi connectivity index (χ2n) is 9.51. The Labute approximate surface area is 178 Å². The van der Waals surface area contributed by atoms with Crippen molar-refractivity contribution in [1.82, 2.24) is 0 Å². The van der Waals surface area contributed by atoms with Gasteiger partial charge in [-0.3, -0.25) is 9.59 Å². The minimum atomic E-state index is -0.783. The molecule has 1 aliphatic rings. The first-order valence-corrected chi connectivity index (χ1v) is 11.1. The van der Waals surface area contributed by atoms with E-state index in [1.54, 1.807) is 26.0 Å². The van der Waals surface area contributed by atoms with E-state index in [9.17, 15) is 24.9 Å².